The van der Waals surface area contributed by atoms with E-state index in [1.807, 2.05) is 65.6 Å². The zero-order chi connectivity index (χ0) is 17.1. The van der Waals surface area contributed by atoms with Crippen LogP contribution in [0.3, 0.4) is 0 Å². The predicted molar refractivity (Wildman–Crippen MR) is 95.8 cm³/mol. The van der Waals surface area contributed by atoms with Crippen molar-refractivity contribution in [2.75, 3.05) is 13.2 Å². The molecule has 2 heterocycles. The lowest BCUT2D eigenvalue weighted by molar-refractivity contribution is -0.137. The summed E-state index contributed by atoms with van der Waals surface area (Å²) in [6.07, 6.45) is 0.796. The van der Waals surface area contributed by atoms with Gasteiger partial charge in [0.25, 0.3) is 0 Å². The summed E-state index contributed by atoms with van der Waals surface area (Å²) in [6, 6.07) is 20.0. The van der Waals surface area contributed by atoms with Gasteiger partial charge in [0.15, 0.2) is 0 Å². The van der Waals surface area contributed by atoms with E-state index in [4.69, 9.17) is 9.15 Å². The van der Waals surface area contributed by atoms with Crippen molar-refractivity contribution in [2.45, 2.75) is 19.5 Å². The summed E-state index contributed by atoms with van der Waals surface area (Å²) >= 11 is 0. The molecule has 0 unspecified atom stereocenters. The molecule has 0 bridgehead atoms. The van der Waals surface area contributed by atoms with Crippen LogP contribution in [0.1, 0.15) is 17.7 Å². The van der Waals surface area contributed by atoms with Crippen LogP contribution in [0, 0.1) is 5.92 Å². The van der Waals surface area contributed by atoms with Gasteiger partial charge in [-0.05, 0) is 24.1 Å². The number of fused-ring (bicyclic) bond motifs is 1. The molecule has 3 aromatic rings. The molecule has 0 radical (unpaired) electrons. The number of para-hydroxylation sites is 1. The normalized spacial score (nSPS) is 17.0. The molecule has 1 aromatic heterocycles. The van der Waals surface area contributed by atoms with E-state index < -0.39 is 0 Å². The van der Waals surface area contributed by atoms with Crippen LogP contribution in [0.2, 0.25) is 0 Å². The topological polar surface area (TPSA) is 42.7 Å². The summed E-state index contributed by atoms with van der Waals surface area (Å²) in [7, 11) is 0. The van der Waals surface area contributed by atoms with Crippen LogP contribution in [0.4, 0.5) is 0 Å². The quantitative estimate of drug-likeness (QED) is 0.708. The third-order valence-electron chi connectivity index (χ3n) is 4.63. The van der Waals surface area contributed by atoms with Gasteiger partial charge in [0.1, 0.15) is 11.3 Å². The molecule has 0 saturated carbocycles. The molecule has 0 N–H and O–H groups in total. The Hall–Kier alpha value is -2.59. The molecule has 4 nitrogen and oxygen atoms in total. The molecule has 0 aliphatic carbocycles. The van der Waals surface area contributed by atoms with E-state index in [2.05, 4.69) is 0 Å². The average molecular weight is 335 g/mol. The molecule has 0 spiro atoms. The van der Waals surface area contributed by atoms with Crippen molar-refractivity contribution in [3.05, 3.63) is 72.0 Å². The van der Waals surface area contributed by atoms with Crippen LogP contribution in [0.15, 0.2) is 65.1 Å². The Balaban J connectivity index is 1.58. The van der Waals surface area contributed by atoms with E-state index in [9.17, 15) is 4.79 Å². The van der Waals surface area contributed by atoms with Gasteiger partial charge < -0.3 is 14.1 Å². The van der Waals surface area contributed by atoms with Gasteiger partial charge in [-0.1, -0.05) is 48.5 Å². The van der Waals surface area contributed by atoms with Gasteiger partial charge in [-0.2, -0.15) is 0 Å². The van der Waals surface area contributed by atoms with E-state index in [0.29, 0.717) is 26.3 Å². The Morgan fingerprint density at radius 3 is 2.60 bits per heavy atom. The SMILES string of the molecule is O=C([C@@H]1CCOC1)N(Cc1ccccc1)Cc1cc2ccccc2o1. The minimum Gasteiger partial charge on any atom is -0.459 e. The fourth-order valence-corrected chi connectivity index (χ4v) is 3.31. The van der Waals surface area contributed by atoms with Gasteiger partial charge in [0, 0.05) is 18.5 Å². The number of carbonyl (C=O) groups excluding carboxylic acids is 1. The van der Waals surface area contributed by atoms with Crippen molar-refractivity contribution in [3.8, 4) is 0 Å². The number of hydrogen-bond donors (Lipinski definition) is 0. The van der Waals surface area contributed by atoms with Gasteiger partial charge in [0.05, 0.1) is 19.1 Å². The molecule has 1 saturated heterocycles. The molecule has 128 valence electrons. The Morgan fingerprint density at radius 1 is 1.04 bits per heavy atom. The van der Waals surface area contributed by atoms with E-state index in [1.165, 1.54) is 0 Å². The summed E-state index contributed by atoms with van der Waals surface area (Å²) in [5.74, 6) is 0.902. The van der Waals surface area contributed by atoms with E-state index in [0.717, 1.165) is 28.7 Å². The number of carbonyl (C=O) groups is 1. The molecule has 1 aliphatic rings. The second kappa shape index (κ2) is 7.11. The molecule has 4 rings (SSSR count). The largest absolute Gasteiger partial charge is 0.459 e. The van der Waals surface area contributed by atoms with E-state index >= 15 is 0 Å². The first-order chi connectivity index (χ1) is 12.3. The van der Waals surface area contributed by atoms with Gasteiger partial charge in [-0.3, -0.25) is 4.79 Å². The molecular formula is C21H21NO3. The van der Waals surface area contributed by atoms with Gasteiger partial charge in [-0.25, -0.2) is 0 Å². The molecule has 1 atom stereocenters. The lowest BCUT2D eigenvalue weighted by Crippen LogP contribution is -2.35. The Bertz CT molecular complexity index is 817. The Kier molecular flexibility index (Phi) is 4.53. The highest BCUT2D eigenvalue weighted by molar-refractivity contribution is 5.80. The maximum atomic E-state index is 13.0. The van der Waals surface area contributed by atoms with Crippen LogP contribution in [-0.4, -0.2) is 24.0 Å². The molecule has 25 heavy (non-hydrogen) atoms. The summed E-state index contributed by atoms with van der Waals surface area (Å²) in [4.78, 5) is 14.9. The number of rotatable bonds is 5. The van der Waals surface area contributed by atoms with Crippen LogP contribution in [-0.2, 0) is 22.6 Å². The first-order valence-electron chi connectivity index (χ1n) is 8.67. The van der Waals surface area contributed by atoms with Crippen molar-refractivity contribution in [2.24, 2.45) is 5.92 Å². The number of nitrogens with zero attached hydrogens (tertiary/aromatic N) is 1. The zero-order valence-electron chi connectivity index (χ0n) is 14.1. The highest BCUT2D eigenvalue weighted by atomic mass is 16.5. The second-order valence-electron chi connectivity index (χ2n) is 6.49. The third-order valence-corrected chi connectivity index (χ3v) is 4.63. The van der Waals surface area contributed by atoms with Crippen LogP contribution in [0.5, 0.6) is 0 Å². The maximum absolute atomic E-state index is 13.0. The summed E-state index contributed by atoms with van der Waals surface area (Å²) in [5, 5.41) is 1.06. The van der Waals surface area contributed by atoms with Crippen molar-refractivity contribution < 1.29 is 13.9 Å². The van der Waals surface area contributed by atoms with Crippen LogP contribution in [0.25, 0.3) is 11.0 Å². The van der Waals surface area contributed by atoms with Crippen molar-refractivity contribution >= 4 is 16.9 Å². The number of ether oxygens (including phenoxy) is 1. The van der Waals surface area contributed by atoms with Crippen LogP contribution < -0.4 is 0 Å². The van der Waals surface area contributed by atoms with E-state index in [1.54, 1.807) is 0 Å². The molecule has 2 aromatic carbocycles. The smallest absolute Gasteiger partial charge is 0.228 e. The predicted octanol–water partition coefficient (Wildman–Crippen LogP) is 4.00. The van der Waals surface area contributed by atoms with Gasteiger partial charge in [-0.15, -0.1) is 0 Å². The summed E-state index contributed by atoms with van der Waals surface area (Å²) in [6.45, 7) is 2.23. The molecule has 1 aliphatic heterocycles. The highest BCUT2D eigenvalue weighted by Crippen LogP contribution is 2.23. The van der Waals surface area contributed by atoms with Crippen molar-refractivity contribution in [1.82, 2.24) is 4.90 Å². The highest BCUT2D eigenvalue weighted by Gasteiger charge is 2.28. The Morgan fingerprint density at radius 2 is 1.84 bits per heavy atom. The summed E-state index contributed by atoms with van der Waals surface area (Å²) < 4.78 is 11.3. The minimum absolute atomic E-state index is 0.0481. The van der Waals surface area contributed by atoms with Crippen LogP contribution >= 0.6 is 0 Å². The van der Waals surface area contributed by atoms with Gasteiger partial charge in [0.2, 0.25) is 5.91 Å². The molecule has 4 heteroatoms. The number of furan rings is 1. The molecule has 1 fully saturated rings. The zero-order valence-corrected chi connectivity index (χ0v) is 14.1. The Labute approximate surface area is 147 Å². The first-order valence-corrected chi connectivity index (χ1v) is 8.67. The lowest BCUT2D eigenvalue weighted by atomic mass is 10.1. The number of amides is 1. The van der Waals surface area contributed by atoms with Crippen molar-refractivity contribution in [3.63, 3.8) is 0 Å². The van der Waals surface area contributed by atoms with Crippen molar-refractivity contribution in [1.29, 1.82) is 0 Å². The van der Waals surface area contributed by atoms with Gasteiger partial charge >= 0.3 is 0 Å². The first kappa shape index (κ1) is 15.9. The number of hydrogen-bond acceptors (Lipinski definition) is 3. The fourth-order valence-electron chi connectivity index (χ4n) is 3.31. The monoisotopic (exact) mass is 335 g/mol. The minimum atomic E-state index is -0.0481. The van der Waals surface area contributed by atoms with E-state index in [-0.39, 0.29) is 11.8 Å². The third kappa shape index (κ3) is 3.59. The molecule has 1 amide bonds. The lowest BCUT2D eigenvalue weighted by Gasteiger charge is -2.24. The fraction of sp³-hybridized carbons (Fsp3) is 0.286. The second-order valence-corrected chi connectivity index (χ2v) is 6.49. The average Bonchev–Trinajstić information content (AvgIpc) is 3.31. The standard InChI is InChI=1S/C21H21NO3/c23-21(18-10-11-24-15-18)22(13-16-6-2-1-3-7-16)14-19-12-17-8-4-5-9-20(17)25-19/h1-9,12,18H,10-11,13-15H2/t18-/m1/s1. The summed E-state index contributed by atoms with van der Waals surface area (Å²) in [5.41, 5.74) is 1.97. The molecular weight excluding hydrogens is 314 g/mol. The maximum Gasteiger partial charge on any atom is 0.228 e. The number of benzene rings is 2.